The number of hydrogen-bond acceptors (Lipinski definition) is 4. The number of ether oxygens (including phenoxy) is 1. The lowest BCUT2D eigenvalue weighted by molar-refractivity contribution is 0.168. The third kappa shape index (κ3) is 3.94. The smallest absolute Gasteiger partial charge is 0.411 e. The van der Waals surface area contributed by atoms with E-state index < -0.39 is 6.09 Å². The molecule has 20 heavy (non-hydrogen) atoms. The molecule has 0 aliphatic heterocycles. The van der Waals surface area contributed by atoms with Crippen LogP contribution in [0.3, 0.4) is 0 Å². The molecular weight excluding hydrogens is 261 g/mol. The Kier molecular flexibility index (Phi) is 4.49. The van der Waals surface area contributed by atoms with E-state index >= 15 is 0 Å². The molecular formula is C14H14FN3O2. The SMILES string of the molecule is CCOC(=O)Nc1ccc(Nc2cccc(F)c2)nc1. The van der Waals surface area contributed by atoms with Gasteiger partial charge in [-0.05, 0) is 37.3 Å². The van der Waals surface area contributed by atoms with Crippen LogP contribution in [0.25, 0.3) is 0 Å². The maximum absolute atomic E-state index is 13.0. The largest absolute Gasteiger partial charge is 0.450 e. The lowest BCUT2D eigenvalue weighted by Crippen LogP contribution is -2.13. The van der Waals surface area contributed by atoms with Gasteiger partial charge in [0.25, 0.3) is 0 Å². The maximum atomic E-state index is 13.0. The first-order valence-electron chi connectivity index (χ1n) is 6.10. The molecule has 2 rings (SSSR count). The molecule has 0 bridgehead atoms. The predicted molar refractivity (Wildman–Crippen MR) is 74.6 cm³/mol. The van der Waals surface area contributed by atoms with Crippen LogP contribution >= 0.6 is 0 Å². The minimum Gasteiger partial charge on any atom is -0.450 e. The number of halogens is 1. The fourth-order valence-corrected chi connectivity index (χ4v) is 1.54. The fraction of sp³-hybridized carbons (Fsp3) is 0.143. The van der Waals surface area contributed by atoms with Crippen molar-refractivity contribution in [3.8, 4) is 0 Å². The highest BCUT2D eigenvalue weighted by molar-refractivity contribution is 5.84. The Bertz CT molecular complexity index is 587. The van der Waals surface area contributed by atoms with Crippen molar-refractivity contribution in [3.63, 3.8) is 0 Å². The summed E-state index contributed by atoms with van der Waals surface area (Å²) in [5.74, 6) is 0.223. The summed E-state index contributed by atoms with van der Waals surface area (Å²) in [7, 11) is 0. The molecule has 0 saturated heterocycles. The molecule has 0 fully saturated rings. The van der Waals surface area contributed by atoms with Crippen LogP contribution in [0.2, 0.25) is 0 Å². The minimum atomic E-state index is -0.528. The van der Waals surface area contributed by atoms with Gasteiger partial charge < -0.3 is 10.1 Å². The molecule has 2 N–H and O–H groups in total. The Hall–Kier alpha value is -2.63. The van der Waals surface area contributed by atoms with Crippen molar-refractivity contribution in [1.82, 2.24) is 4.98 Å². The molecule has 1 aromatic heterocycles. The molecule has 104 valence electrons. The van der Waals surface area contributed by atoms with Crippen LogP contribution in [0, 0.1) is 5.82 Å². The zero-order valence-corrected chi connectivity index (χ0v) is 10.9. The van der Waals surface area contributed by atoms with Gasteiger partial charge in [0.1, 0.15) is 11.6 Å². The van der Waals surface area contributed by atoms with Crippen LogP contribution < -0.4 is 10.6 Å². The molecule has 1 aromatic carbocycles. The predicted octanol–water partition coefficient (Wildman–Crippen LogP) is 3.53. The van der Waals surface area contributed by atoms with Crippen molar-refractivity contribution in [1.29, 1.82) is 0 Å². The van der Waals surface area contributed by atoms with E-state index in [9.17, 15) is 9.18 Å². The van der Waals surface area contributed by atoms with Gasteiger partial charge in [-0.1, -0.05) is 6.07 Å². The highest BCUT2D eigenvalue weighted by Gasteiger charge is 2.03. The van der Waals surface area contributed by atoms with Gasteiger partial charge in [0, 0.05) is 5.69 Å². The quantitative estimate of drug-likeness (QED) is 0.896. The van der Waals surface area contributed by atoms with Gasteiger partial charge in [0.15, 0.2) is 0 Å². The summed E-state index contributed by atoms with van der Waals surface area (Å²) < 4.78 is 17.8. The topological polar surface area (TPSA) is 63.2 Å². The minimum absolute atomic E-state index is 0.304. The van der Waals surface area contributed by atoms with Gasteiger partial charge in [-0.3, -0.25) is 5.32 Å². The molecule has 0 aliphatic carbocycles. The highest BCUT2D eigenvalue weighted by Crippen LogP contribution is 2.17. The third-order valence-corrected chi connectivity index (χ3v) is 2.38. The van der Waals surface area contributed by atoms with Crippen molar-refractivity contribution < 1.29 is 13.9 Å². The molecule has 0 saturated carbocycles. The van der Waals surface area contributed by atoms with Crippen molar-refractivity contribution in [2.24, 2.45) is 0 Å². The van der Waals surface area contributed by atoms with Gasteiger partial charge in [-0.15, -0.1) is 0 Å². The Labute approximate surface area is 115 Å². The average Bonchev–Trinajstić information content (AvgIpc) is 2.41. The molecule has 0 spiro atoms. The second-order valence-electron chi connectivity index (χ2n) is 3.91. The maximum Gasteiger partial charge on any atom is 0.411 e. The highest BCUT2D eigenvalue weighted by atomic mass is 19.1. The van der Waals surface area contributed by atoms with E-state index in [1.54, 1.807) is 31.2 Å². The van der Waals surface area contributed by atoms with Crippen LogP contribution in [0.5, 0.6) is 0 Å². The zero-order chi connectivity index (χ0) is 14.4. The van der Waals surface area contributed by atoms with Crippen LogP contribution in [-0.2, 0) is 4.74 Å². The lowest BCUT2D eigenvalue weighted by atomic mass is 10.3. The molecule has 0 atom stereocenters. The van der Waals surface area contributed by atoms with Gasteiger partial charge >= 0.3 is 6.09 Å². The first kappa shape index (κ1) is 13.8. The zero-order valence-electron chi connectivity index (χ0n) is 10.9. The number of carbonyl (C=O) groups is 1. The molecule has 6 heteroatoms. The van der Waals surface area contributed by atoms with E-state index in [0.717, 1.165) is 0 Å². The molecule has 0 aliphatic rings. The van der Waals surface area contributed by atoms with Crippen LogP contribution in [0.15, 0.2) is 42.6 Å². The second-order valence-corrected chi connectivity index (χ2v) is 3.91. The number of aromatic nitrogens is 1. The van der Waals surface area contributed by atoms with Crippen LogP contribution in [0.1, 0.15) is 6.92 Å². The summed E-state index contributed by atoms with van der Waals surface area (Å²) in [5, 5.41) is 5.49. The standard InChI is InChI=1S/C14H14FN3O2/c1-2-20-14(19)18-12-6-7-13(16-9-12)17-11-5-3-4-10(15)8-11/h3-9H,2H2,1H3,(H,16,17)(H,18,19). The molecule has 1 heterocycles. The summed E-state index contributed by atoms with van der Waals surface area (Å²) in [4.78, 5) is 15.3. The number of anilines is 3. The van der Waals surface area contributed by atoms with E-state index in [2.05, 4.69) is 15.6 Å². The molecule has 5 nitrogen and oxygen atoms in total. The van der Waals surface area contributed by atoms with Crippen molar-refractivity contribution in [2.75, 3.05) is 17.2 Å². The number of nitrogens with one attached hydrogen (secondary N) is 2. The van der Waals surface area contributed by atoms with Gasteiger partial charge in [-0.2, -0.15) is 0 Å². The van der Waals surface area contributed by atoms with Crippen molar-refractivity contribution in [2.45, 2.75) is 6.92 Å². The summed E-state index contributed by atoms with van der Waals surface area (Å²) >= 11 is 0. The monoisotopic (exact) mass is 275 g/mol. The van der Waals surface area contributed by atoms with Crippen molar-refractivity contribution >= 4 is 23.3 Å². The van der Waals surface area contributed by atoms with Crippen molar-refractivity contribution in [3.05, 3.63) is 48.4 Å². The Morgan fingerprint density at radius 3 is 2.80 bits per heavy atom. The Morgan fingerprint density at radius 2 is 2.15 bits per heavy atom. The summed E-state index contributed by atoms with van der Waals surface area (Å²) in [6.07, 6.45) is 0.957. The number of carbonyl (C=O) groups excluding carboxylic acids is 1. The molecule has 0 radical (unpaired) electrons. The van der Waals surface area contributed by atoms with Crippen LogP contribution in [0.4, 0.5) is 26.4 Å². The number of rotatable bonds is 4. The molecule has 1 amide bonds. The first-order chi connectivity index (χ1) is 9.67. The number of pyridine rings is 1. The Morgan fingerprint density at radius 1 is 1.30 bits per heavy atom. The van der Waals surface area contributed by atoms with E-state index in [4.69, 9.17) is 4.74 Å². The lowest BCUT2D eigenvalue weighted by Gasteiger charge is -2.07. The number of hydrogen-bond donors (Lipinski definition) is 2. The fourth-order valence-electron chi connectivity index (χ4n) is 1.54. The van der Waals surface area contributed by atoms with E-state index in [0.29, 0.717) is 23.8 Å². The summed E-state index contributed by atoms with van der Waals surface area (Å²) in [6, 6.07) is 9.42. The van der Waals surface area contributed by atoms with E-state index in [1.807, 2.05) is 0 Å². The number of nitrogens with zero attached hydrogens (tertiary/aromatic N) is 1. The van der Waals surface area contributed by atoms with E-state index in [1.165, 1.54) is 18.3 Å². The van der Waals surface area contributed by atoms with Gasteiger partial charge in [-0.25, -0.2) is 14.2 Å². The molecule has 2 aromatic rings. The van der Waals surface area contributed by atoms with Crippen LogP contribution in [-0.4, -0.2) is 17.7 Å². The first-order valence-corrected chi connectivity index (χ1v) is 6.10. The normalized spacial score (nSPS) is 9.90. The second kappa shape index (κ2) is 6.51. The van der Waals surface area contributed by atoms with E-state index in [-0.39, 0.29) is 5.82 Å². The Balaban J connectivity index is 1.99. The third-order valence-electron chi connectivity index (χ3n) is 2.38. The number of amides is 1. The summed E-state index contributed by atoms with van der Waals surface area (Å²) in [6.45, 7) is 2.03. The summed E-state index contributed by atoms with van der Waals surface area (Å²) in [5.41, 5.74) is 1.12. The molecule has 0 unspecified atom stereocenters. The van der Waals surface area contributed by atoms with Gasteiger partial charge in [0.2, 0.25) is 0 Å². The van der Waals surface area contributed by atoms with Gasteiger partial charge in [0.05, 0.1) is 18.5 Å². The number of benzene rings is 1. The average molecular weight is 275 g/mol.